The van der Waals surface area contributed by atoms with Gasteiger partial charge in [-0.05, 0) is 67.6 Å². The van der Waals surface area contributed by atoms with Crippen LogP contribution in [0.5, 0.6) is 0 Å². The number of aromatic nitrogens is 2. The fourth-order valence-electron chi connectivity index (χ4n) is 4.60. The number of halogens is 6. The van der Waals surface area contributed by atoms with Crippen LogP contribution in [0.4, 0.5) is 32.0 Å². The molecule has 0 saturated carbocycles. The zero-order chi connectivity index (χ0) is 27.6. The average Bonchev–Trinajstić information content (AvgIpc) is 3.21. The molecule has 1 aliphatic rings. The van der Waals surface area contributed by atoms with Gasteiger partial charge in [-0.25, -0.2) is 13.2 Å². The highest BCUT2D eigenvalue weighted by Gasteiger charge is 2.39. The highest BCUT2D eigenvalue weighted by molar-refractivity contribution is 5.99. The smallest absolute Gasteiger partial charge is 0.342 e. The molecule has 1 aliphatic carbocycles. The Morgan fingerprint density at radius 2 is 1.63 bits per heavy atom. The lowest BCUT2D eigenvalue weighted by molar-refractivity contribution is -0.142. The van der Waals surface area contributed by atoms with Crippen LogP contribution in [-0.4, -0.2) is 34.7 Å². The van der Waals surface area contributed by atoms with E-state index in [4.69, 9.17) is 0 Å². The summed E-state index contributed by atoms with van der Waals surface area (Å²) < 4.78 is 82.5. The Bertz CT molecular complexity index is 1320. The maximum absolute atomic E-state index is 13.8. The molecular formula is C26H24F6N4O2. The van der Waals surface area contributed by atoms with Gasteiger partial charge in [-0.3, -0.25) is 14.3 Å². The molecule has 1 heterocycles. The Hall–Kier alpha value is -3.83. The summed E-state index contributed by atoms with van der Waals surface area (Å²) in [5.41, 5.74) is -0.284. The van der Waals surface area contributed by atoms with Crippen LogP contribution in [0.3, 0.4) is 0 Å². The lowest BCUT2D eigenvalue weighted by atomic mass is 9.95. The van der Waals surface area contributed by atoms with E-state index in [0.29, 0.717) is 31.0 Å². The molecule has 0 aliphatic heterocycles. The van der Waals surface area contributed by atoms with E-state index in [1.165, 1.54) is 19.2 Å². The molecular weight excluding hydrogens is 514 g/mol. The number of amides is 2. The number of carbonyl (C=O) groups excluding carboxylic acids is 2. The monoisotopic (exact) mass is 538 g/mol. The van der Waals surface area contributed by atoms with E-state index in [-0.39, 0.29) is 29.7 Å². The van der Waals surface area contributed by atoms with E-state index in [1.807, 2.05) is 0 Å². The molecule has 0 fully saturated rings. The number of nitrogens with one attached hydrogen (secondary N) is 1. The van der Waals surface area contributed by atoms with Gasteiger partial charge in [-0.2, -0.15) is 18.3 Å². The number of nitrogens with zero attached hydrogens (tertiary/aromatic N) is 3. The second-order valence-electron chi connectivity index (χ2n) is 9.11. The minimum absolute atomic E-state index is 0.0652. The molecule has 6 nitrogen and oxygen atoms in total. The van der Waals surface area contributed by atoms with Crippen LogP contribution in [0.2, 0.25) is 0 Å². The highest BCUT2D eigenvalue weighted by atomic mass is 19.4. The topological polar surface area (TPSA) is 67.2 Å². The molecule has 2 aromatic carbocycles. The summed E-state index contributed by atoms with van der Waals surface area (Å²) in [4.78, 5) is 27.4. The summed E-state index contributed by atoms with van der Waals surface area (Å²) in [6, 6.07) is 6.27. The second kappa shape index (κ2) is 10.9. The number of alkyl halides is 3. The van der Waals surface area contributed by atoms with Crippen molar-refractivity contribution in [1.29, 1.82) is 0 Å². The molecule has 4 rings (SSSR count). The lowest BCUT2D eigenvalue weighted by Crippen LogP contribution is -2.49. The van der Waals surface area contributed by atoms with Gasteiger partial charge in [-0.1, -0.05) is 0 Å². The predicted octanol–water partition coefficient (Wildman–Crippen LogP) is 4.59. The Morgan fingerprint density at radius 1 is 1.00 bits per heavy atom. The van der Waals surface area contributed by atoms with Crippen molar-refractivity contribution in [3.8, 4) is 0 Å². The standard InChI is InChI=1S/C26H24F6N4O2/c1-35(19-8-6-16(27)7-9-19)25(38)21(12-15-10-17(28)13-18(29)11-15)33-23(37)14-36-22-5-3-2-4-20(22)24(34-36)26(30,31)32/h6-11,13,21H,2-5,12,14H2,1H3,(H,33,37). The van der Waals surface area contributed by atoms with Crippen LogP contribution < -0.4 is 10.2 Å². The van der Waals surface area contributed by atoms with Crippen LogP contribution in [0.1, 0.15) is 35.4 Å². The Morgan fingerprint density at radius 3 is 2.26 bits per heavy atom. The summed E-state index contributed by atoms with van der Waals surface area (Å²) in [5.74, 6) is -3.79. The number of hydrogen-bond acceptors (Lipinski definition) is 3. The van der Waals surface area contributed by atoms with Gasteiger partial charge in [0, 0.05) is 36.5 Å². The summed E-state index contributed by atoms with van der Waals surface area (Å²) in [7, 11) is 1.38. The minimum atomic E-state index is -4.68. The Labute approximate surface area is 214 Å². The van der Waals surface area contributed by atoms with Crippen molar-refractivity contribution in [3.63, 3.8) is 0 Å². The maximum Gasteiger partial charge on any atom is 0.435 e. The SMILES string of the molecule is CN(C(=O)C(Cc1cc(F)cc(F)c1)NC(=O)Cn1nc(C(F)(F)F)c2c1CCCC2)c1ccc(F)cc1. The number of hydrogen-bond donors (Lipinski definition) is 1. The molecule has 1 aromatic heterocycles. The van der Waals surface area contributed by atoms with Crippen LogP contribution in [-0.2, 0) is 41.6 Å². The first kappa shape index (κ1) is 27.2. The fraction of sp³-hybridized carbons (Fsp3) is 0.346. The van der Waals surface area contributed by atoms with E-state index in [2.05, 4.69) is 10.4 Å². The van der Waals surface area contributed by atoms with E-state index in [9.17, 15) is 35.9 Å². The van der Waals surface area contributed by atoms with Crippen LogP contribution in [0.15, 0.2) is 42.5 Å². The summed E-state index contributed by atoms with van der Waals surface area (Å²) in [6.07, 6.45) is -3.25. The van der Waals surface area contributed by atoms with Gasteiger partial charge < -0.3 is 10.2 Å². The van der Waals surface area contributed by atoms with E-state index >= 15 is 0 Å². The first-order chi connectivity index (χ1) is 17.9. The molecule has 38 heavy (non-hydrogen) atoms. The van der Waals surface area contributed by atoms with Gasteiger partial charge in [0.25, 0.3) is 0 Å². The van der Waals surface area contributed by atoms with Gasteiger partial charge >= 0.3 is 6.18 Å². The zero-order valence-corrected chi connectivity index (χ0v) is 20.3. The third-order valence-electron chi connectivity index (χ3n) is 6.36. The third-order valence-corrected chi connectivity index (χ3v) is 6.36. The number of carbonyl (C=O) groups is 2. The molecule has 1 N–H and O–H groups in total. The molecule has 3 aromatic rings. The molecule has 202 valence electrons. The van der Waals surface area contributed by atoms with Crippen LogP contribution >= 0.6 is 0 Å². The van der Waals surface area contributed by atoms with Crippen molar-refractivity contribution >= 4 is 17.5 Å². The van der Waals surface area contributed by atoms with Crippen molar-refractivity contribution in [2.45, 2.75) is 50.9 Å². The quantitative estimate of drug-likeness (QED) is 0.448. The lowest BCUT2D eigenvalue weighted by Gasteiger charge is -2.25. The van der Waals surface area contributed by atoms with E-state index in [0.717, 1.165) is 33.8 Å². The van der Waals surface area contributed by atoms with E-state index < -0.39 is 53.7 Å². The summed E-state index contributed by atoms with van der Waals surface area (Å²) in [5, 5.41) is 6.13. The molecule has 0 spiro atoms. The van der Waals surface area contributed by atoms with Crippen LogP contribution in [0.25, 0.3) is 0 Å². The van der Waals surface area contributed by atoms with Gasteiger partial charge in [0.2, 0.25) is 11.8 Å². The number of rotatable bonds is 7. The molecule has 0 saturated heterocycles. The molecule has 1 atom stereocenters. The van der Waals surface area contributed by atoms with Crippen molar-refractivity contribution in [2.75, 3.05) is 11.9 Å². The third kappa shape index (κ3) is 6.17. The van der Waals surface area contributed by atoms with Gasteiger partial charge in [0.15, 0.2) is 5.69 Å². The van der Waals surface area contributed by atoms with Crippen molar-refractivity contribution in [1.82, 2.24) is 15.1 Å². The van der Waals surface area contributed by atoms with Crippen molar-refractivity contribution < 1.29 is 35.9 Å². The number of likely N-dealkylation sites (N-methyl/N-ethyl adjacent to an activating group) is 1. The second-order valence-corrected chi connectivity index (χ2v) is 9.11. The van der Waals surface area contributed by atoms with Gasteiger partial charge in [0.05, 0.1) is 0 Å². The van der Waals surface area contributed by atoms with E-state index in [1.54, 1.807) is 0 Å². The molecule has 0 radical (unpaired) electrons. The normalized spacial score (nSPS) is 14.1. The van der Waals surface area contributed by atoms with Crippen molar-refractivity contribution in [2.24, 2.45) is 0 Å². The van der Waals surface area contributed by atoms with Crippen LogP contribution in [0, 0.1) is 17.5 Å². The predicted molar refractivity (Wildman–Crippen MR) is 126 cm³/mol. The Balaban J connectivity index is 1.59. The first-order valence-corrected chi connectivity index (χ1v) is 11.9. The fourth-order valence-corrected chi connectivity index (χ4v) is 4.60. The van der Waals surface area contributed by atoms with Gasteiger partial charge in [0.1, 0.15) is 30.0 Å². The number of benzene rings is 2. The molecule has 0 bridgehead atoms. The first-order valence-electron chi connectivity index (χ1n) is 11.9. The largest absolute Gasteiger partial charge is 0.435 e. The Kier molecular flexibility index (Phi) is 7.79. The summed E-state index contributed by atoms with van der Waals surface area (Å²) >= 11 is 0. The molecule has 12 heteroatoms. The minimum Gasteiger partial charge on any atom is -0.342 e. The van der Waals surface area contributed by atoms with Crippen molar-refractivity contribution in [3.05, 3.63) is 82.4 Å². The highest BCUT2D eigenvalue weighted by Crippen LogP contribution is 2.35. The molecule has 2 amide bonds. The average molecular weight is 538 g/mol. The molecule has 1 unspecified atom stereocenters. The summed E-state index contributed by atoms with van der Waals surface area (Å²) in [6.45, 7) is -0.583. The number of fused-ring (bicyclic) bond motifs is 1. The van der Waals surface area contributed by atoms with Gasteiger partial charge in [-0.15, -0.1) is 0 Å². The zero-order valence-electron chi connectivity index (χ0n) is 20.3. The maximum atomic E-state index is 13.8. The number of anilines is 1.